The lowest BCUT2D eigenvalue weighted by Gasteiger charge is -2.35. The third-order valence-corrected chi connectivity index (χ3v) is 4.93. The molecule has 0 atom stereocenters. The van der Waals surface area contributed by atoms with Gasteiger partial charge in [0.25, 0.3) is 0 Å². The third-order valence-electron chi connectivity index (χ3n) is 4.93. The van der Waals surface area contributed by atoms with Crippen molar-refractivity contribution in [3.8, 4) is 0 Å². The van der Waals surface area contributed by atoms with Crippen LogP contribution in [0.3, 0.4) is 0 Å². The molecule has 0 aromatic heterocycles. The Morgan fingerprint density at radius 3 is 2.29 bits per heavy atom. The van der Waals surface area contributed by atoms with Gasteiger partial charge in [0.15, 0.2) is 0 Å². The van der Waals surface area contributed by atoms with Gasteiger partial charge in [-0.25, -0.2) is 0 Å². The highest BCUT2D eigenvalue weighted by Gasteiger charge is 2.18. The van der Waals surface area contributed by atoms with E-state index in [4.69, 9.17) is 0 Å². The molecule has 3 heteroatoms. The second-order valence-corrected chi connectivity index (χ2v) is 6.54. The minimum atomic E-state index is 0.810. The van der Waals surface area contributed by atoms with Gasteiger partial charge < -0.3 is 5.32 Å². The Hall–Kier alpha value is -0.900. The number of piperazine rings is 1. The highest BCUT2D eigenvalue weighted by molar-refractivity contribution is 5.14. The summed E-state index contributed by atoms with van der Waals surface area (Å²) in [6.07, 6.45) is 5.64. The largest absolute Gasteiger partial charge is 0.313 e. The number of hydrogen-bond acceptors (Lipinski definition) is 3. The lowest BCUT2D eigenvalue weighted by atomic mass is 10.2. The minimum Gasteiger partial charge on any atom is -0.313 e. The Bertz CT molecular complexity index is 392. The third kappa shape index (κ3) is 4.80. The molecular formula is C18H29N3. The van der Waals surface area contributed by atoms with Gasteiger partial charge in [-0.2, -0.15) is 0 Å². The summed E-state index contributed by atoms with van der Waals surface area (Å²) in [7, 11) is 0. The Balaban J connectivity index is 1.31. The van der Waals surface area contributed by atoms with E-state index < -0.39 is 0 Å². The number of rotatable bonds is 6. The summed E-state index contributed by atoms with van der Waals surface area (Å²) in [5, 5.41) is 3.72. The molecule has 1 aromatic rings. The SMILES string of the molecule is c1ccc(CN2CCN(CCNC3CCCC3)CC2)cc1. The minimum absolute atomic E-state index is 0.810. The molecule has 3 nitrogen and oxygen atoms in total. The number of nitrogens with zero attached hydrogens (tertiary/aromatic N) is 2. The summed E-state index contributed by atoms with van der Waals surface area (Å²) in [6.45, 7) is 8.35. The van der Waals surface area contributed by atoms with E-state index in [-0.39, 0.29) is 0 Å². The van der Waals surface area contributed by atoms with E-state index in [0.717, 1.165) is 12.6 Å². The summed E-state index contributed by atoms with van der Waals surface area (Å²) in [4.78, 5) is 5.19. The zero-order valence-corrected chi connectivity index (χ0v) is 13.1. The molecular weight excluding hydrogens is 258 g/mol. The fourth-order valence-corrected chi connectivity index (χ4v) is 3.57. The Labute approximate surface area is 129 Å². The maximum atomic E-state index is 3.72. The maximum absolute atomic E-state index is 3.72. The first-order valence-electron chi connectivity index (χ1n) is 8.62. The van der Waals surface area contributed by atoms with E-state index in [9.17, 15) is 0 Å². The first-order chi connectivity index (χ1) is 10.4. The molecule has 1 saturated heterocycles. The van der Waals surface area contributed by atoms with Gasteiger partial charge >= 0.3 is 0 Å². The van der Waals surface area contributed by atoms with E-state index in [1.54, 1.807) is 0 Å². The average Bonchev–Trinajstić information content (AvgIpc) is 3.03. The normalized spacial score (nSPS) is 21.9. The molecule has 2 aliphatic rings. The highest BCUT2D eigenvalue weighted by atomic mass is 15.3. The second kappa shape index (κ2) is 7.92. The molecule has 1 heterocycles. The molecule has 1 aliphatic carbocycles. The van der Waals surface area contributed by atoms with Crippen LogP contribution in [-0.4, -0.2) is 55.1 Å². The zero-order chi connectivity index (χ0) is 14.3. The monoisotopic (exact) mass is 287 g/mol. The molecule has 0 unspecified atom stereocenters. The van der Waals surface area contributed by atoms with Gasteiger partial charge in [0.2, 0.25) is 0 Å². The van der Waals surface area contributed by atoms with Crippen LogP contribution in [0.1, 0.15) is 31.2 Å². The van der Waals surface area contributed by atoms with E-state index in [2.05, 4.69) is 45.4 Å². The number of hydrogen-bond donors (Lipinski definition) is 1. The molecule has 1 aliphatic heterocycles. The van der Waals surface area contributed by atoms with Crippen molar-refractivity contribution in [1.29, 1.82) is 0 Å². The molecule has 0 spiro atoms. The van der Waals surface area contributed by atoms with Crippen molar-refractivity contribution in [1.82, 2.24) is 15.1 Å². The highest BCUT2D eigenvalue weighted by Crippen LogP contribution is 2.17. The molecule has 1 N–H and O–H groups in total. The van der Waals surface area contributed by atoms with Gasteiger partial charge in [0.05, 0.1) is 0 Å². The molecule has 116 valence electrons. The van der Waals surface area contributed by atoms with Crippen LogP contribution in [-0.2, 0) is 6.54 Å². The van der Waals surface area contributed by atoms with Crippen LogP contribution in [0.2, 0.25) is 0 Å². The topological polar surface area (TPSA) is 18.5 Å². The summed E-state index contributed by atoms with van der Waals surface area (Å²) in [5.74, 6) is 0. The second-order valence-electron chi connectivity index (χ2n) is 6.54. The standard InChI is InChI=1S/C18H29N3/c1-2-6-17(7-3-1)16-21-14-12-20(13-15-21)11-10-19-18-8-4-5-9-18/h1-3,6-7,18-19H,4-5,8-16H2. The van der Waals surface area contributed by atoms with Crippen molar-refractivity contribution in [2.75, 3.05) is 39.3 Å². The number of benzene rings is 1. The fourth-order valence-electron chi connectivity index (χ4n) is 3.57. The predicted molar refractivity (Wildman–Crippen MR) is 88.4 cm³/mol. The molecule has 1 saturated carbocycles. The summed E-state index contributed by atoms with van der Waals surface area (Å²) in [6, 6.07) is 11.7. The van der Waals surface area contributed by atoms with Crippen molar-refractivity contribution in [2.24, 2.45) is 0 Å². The zero-order valence-electron chi connectivity index (χ0n) is 13.1. The summed E-state index contributed by atoms with van der Waals surface area (Å²) >= 11 is 0. The van der Waals surface area contributed by atoms with Crippen LogP contribution >= 0.6 is 0 Å². The van der Waals surface area contributed by atoms with Crippen molar-refractivity contribution >= 4 is 0 Å². The van der Waals surface area contributed by atoms with Crippen molar-refractivity contribution in [3.63, 3.8) is 0 Å². The average molecular weight is 287 g/mol. The Morgan fingerprint density at radius 1 is 0.905 bits per heavy atom. The van der Waals surface area contributed by atoms with Gasteiger partial charge in [-0.3, -0.25) is 9.80 Å². The molecule has 3 rings (SSSR count). The maximum Gasteiger partial charge on any atom is 0.0234 e. The van der Waals surface area contributed by atoms with Crippen LogP contribution in [0.25, 0.3) is 0 Å². The van der Waals surface area contributed by atoms with E-state index >= 15 is 0 Å². The van der Waals surface area contributed by atoms with Crippen molar-refractivity contribution in [2.45, 2.75) is 38.3 Å². The van der Waals surface area contributed by atoms with E-state index in [1.165, 1.54) is 70.5 Å². The lowest BCUT2D eigenvalue weighted by Crippen LogP contribution is -2.48. The van der Waals surface area contributed by atoms with Gasteiger partial charge in [-0.05, 0) is 18.4 Å². The molecule has 0 bridgehead atoms. The fraction of sp³-hybridized carbons (Fsp3) is 0.667. The van der Waals surface area contributed by atoms with Crippen LogP contribution in [0.4, 0.5) is 0 Å². The van der Waals surface area contributed by atoms with Crippen molar-refractivity contribution in [3.05, 3.63) is 35.9 Å². The van der Waals surface area contributed by atoms with Gasteiger partial charge in [-0.1, -0.05) is 43.2 Å². The predicted octanol–water partition coefficient (Wildman–Crippen LogP) is 2.34. The number of nitrogens with one attached hydrogen (secondary N) is 1. The molecule has 0 radical (unpaired) electrons. The summed E-state index contributed by atoms with van der Waals surface area (Å²) < 4.78 is 0. The molecule has 1 aromatic carbocycles. The van der Waals surface area contributed by atoms with Crippen molar-refractivity contribution < 1.29 is 0 Å². The van der Waals surface area contributed by atoms with Crippen LogP contribution in [0.15, 0.2) is 30.3 Å². The van der Waals surface area contributed by atoms with Gasteiger partial charge in [0, 0.05) is 51.9 Å². The van der Waals surface area contributed by atoms with Crippen LogP contribution in [0.5, 0.6) is 0 Å². The lowest BCUT2D eigenvalue weighted by molar-refractivity contribution is 0.127. The van der Waals surface area contributed by atoms with E-state index in [1.807, 2.05) is 0 Å². The molecule has 0 amide bonds. The first-order valence-corrected chi connectivity index (χ1v) is 8.62. The quantitative estimate of drug-likeness (QED) is 0.866. The molecule has 2 fully saturated rings. The smallest absolute Gasteiger partial charge is 0.0234 e. The Morgan fingerprint density at radius 2 is 1.57 bits per heavy atom. The van der Waals surface area contributed by atoms with E-state index in [0.29, 0.717) is 0 Å². The first kappa shape index (κ1) is 15.0. The van der Waals surface area contributed by atoms with Crippen LogP contribution in [0, 0.1) is 0 Å². The van der Waals surface area contributed by atoms with Crippen LogP contribution < -0.4 is 5.32 Å². The summed E-state index contributed by atoms with van der Waals surface area (Å²) in [5.41, 5.74) is 1.44. The van der Waals surface area contributed by atoms with Gasteiger partial charge in [-0.15, -0.1) is 0 Å². The Kier molecular flexibility index (Phi) is 5.67. The molecule has 21 heavy (non-hydrogen) atoms. The van der Waals surface area contributed by atoms with Gasteiger partial charge in [0.1, 0.15) is 0 Å².